The molecule has 19 heavy (non-hydrogen) atoms. The van der Waals surface area contributed by atoms with Gasteiger partial charge in [-0.25, -0.2) is 0 Å². The molecule has 0 aliphatic rings. The Morgan fingerprint density at radius 1 is 1.53 bits per heavy atom. The Hall–Kier alpha value is -1.30. The summed E-state index contributed by atoms with van der Waals surface area (Å²) in [5.74, 6) is 0.391. The fourth-order valence-electron chi connectivity index (χ4n) is 1.55. The predicted molar refractivity (Wildman–Crippen MR) is 75.7 cm³/mol. The van der Waals surface area contributed by atoms with Gasteiger partial charge in [0.05, 0.1) is 24.8 Å². The Bertz CT molecular complexity index is 422. The van der Waals surface area contributed by atoms with Gasteiger partial charge in [-0.2, -0.15) is 0 Å². The Labute approximate surface area is 118 Å². The Morgan fingerprint density at radius 3 is 2.84 bits per heavy atom. The Balaban J connectivity index is 2.74. The normalized spacial score (nSPS) is 12.0. The molecule has 0 saturated carbocycles. The molecule has 1 atom stereocenters. The van der Waals surface area contributed by atoms with E-state index in [1.807, 2.05) is 6.92 Å². The van der Waals surface area contributed by atoms with Gasteiger partial charge in [0.15, 0.2) is 0 Å². The average molecular weight is 287 g/mol. The first-order chi connectivity index (χ1) is 9.10. The van der Waals surface area contributed by atoms with Gasteiger partial charge in [0, 0.05) is 18.7 Å². The molecule has 0 aromatic heterocycles. The maximum atomic E-state index is 11.9. The van der Waals surface area contributed by atoms with Crippen LogP contribution in [0.4, 0.5) is 5.69 Å². The number of rotatable bonds is 7. The second-order valence-corrected chi connectivity index (χ2v) is 4.36. The molecular weight excluding hydrogens is 268 g/mol. The van der Waals surface area contributed by atoms with E-state index in [2.05, 4.69) is 5.32 Å². The van der Waals surface area contributed by atoms with Crippen LogP contribution in [-0.2, 0) is 9.53 Å². The number of methoxy groups -OCH3 is 1. The zero-order valence-electron chi connectivity index (χ0n) is 11.1. The number of carbonyl (C=O) groups is 1. The number of ether oxygens (including phenoxy) is 2. The first-order valence-electron chi connectivity index (χ1n) is 6.05. The van der Waals surface area contributed by atoms with E-state index in [0.29, 0.717) is 23.1 Å². The predicted octanol–water partition coefficient (Wildman–Crippen LogP) is 2.04. The van der Waals surface area contributed by atoms with Crippen LogP contribution in [0.2, 0.25) is 5.02 Å². The molecule has 1 amide bonds. The highest BCUT2D eigenvalue weighted by Crippen LogP contribution is 2.28. The highest BCUT2D eigenvalue weighted by atomic mass is 35.5. The molecule has 6 heteroatoms. The number of anilines is 1. The third-order valence-electron chi connectivity index (χ3n) is 2.52. The van der Waals surface area contributed by atoms with Crippen LogP contribution in [0.5, 0.6) is 5.75 Å². The fraction of sp³-hybridized carbons (Fsp3) is 0.462. The zero-order valence-corrected chi connectivity index (χ0v) is 11.9. The summed E-state index contributed by atoms with van der Waals surface area (Å²) >= 11 is 5.91. The molecule has 5 nitrogen and oxygen atoms in total. The molecule has 1 aromatic rings. The first-order valence-corrected chi connectivity index (χ1v) is 6.43. The molecule has 1 rings (SSSR count). The maximum Gasteiger partial charge on any atom is 0.227 e. The molecule has 0 fully saturated rings. The third kappa shape index (κ3) is 5.06. The summed E-state index contributed by atoms with van der Waals surface area (Å²) in [6, 6.07) is 5.08. The van der Waals surface area contributed by atoms with Crippen molar-refractivity contribution in [2.24, 2.45) is 5.73 Å². The SMILES string of the molecule is CCOc1ccc(Cl)cc1NC(=O)CC(CN)OC. The van der Waals surface area contributed by atoms with Crippen molar-refractivity contribution in [3.63, 3.8) is 0 Å². The van der Waals surface area contributed by atoms with Crippen LogP contribution < -0.4 is 15.8 Å². The van der Waals surface area contributed by atoms with Crippen LogP contribution in [0.1, 0.15) is 13.3 Å². The summed E-state index contributed by atoms with van der Waals surface area (Å²) < 4.78 is 10.5. The van der Waals surface area contributed by atoms with Crippen LogP contribution >= 0.6 is 11.6 Å². The minimum absolute atomic E-state index is 0.186. The van der Waals surface area contributed by atoms with E-state index < -0.39 is 0 Å². The highest BCUT2D eigenvalue weighted by molar-refractivity contribution is 6.31. The van der Waals surface area contributed by atoms with E-state index in [9.17, 15) is 4.79 Å². The van der Waals surface area contributed by atoms with Gasteiger partial charge in [0.2, 0.25) is 5.91 Å². The number of halogens is 1. The number of benzene rings is 1. The molecule has 1 unspecified atom stereocenters. The number of nitrogens with two attached hydrogens (primary N) is 1. The van der Waals surface area contributed by atoms with Crippen LogP contribution in [0.3, 0.4) is 0 Å². The van der Waals surface area contributed by atoms with Crippen LogP contribution in [0, 0.1) is 0 Å². The van der Waals surface area contributed by atoms with Crippen molar-refractivity contribution < 1.29 is 14.3 Å². The second kappa shape index (κ2) is 7.99. The lowest BCUT2D eigenvalue weighted by atomic mass is 10.2. The minimum Gasteiger partial charge on any atom is -0.492 e. The summed E-state index contributed by atoms with van der Waals surface area (Å²) in [5, 5.41) is 3.28. The molecular formula is C13H19ClN2O3. The second-order valence-electron chi connectivity index (χ2n) is 3.92. The average Bonchev–Trinajstić information content (AvgIpc) is 2.39. The van der Waals surface area contributed by atoms with E-state index >= 15 is 0 Å². The molecule has 0 saturated heterocycles. The monoisotopic (exact) mass is 286 g/mol. The highest BCUT2D eigenvalue weighted by Gasteiger charge is 2.13. The Kier molecular flexibility index (Phi) is 6.62. The van der Waals surface area contributed by atoms with Gasteiger partial charge in [-0.15, -0.1) is 0 Å². The molecule has 0 aliphatic heterocycles. The van der Waals surface area contributed by atoms with Gasteiger partial charge in [-0.1, -0.05) is 11.6 Å². The lowest BCUT2D eigenvalue weighted by Crippen LogP contribution is -2.28. The van der Waals surface area contributed by atoms with Crippen LogP contribution in [0.15, 0.2) is 18.2 Å². The molecule has 3 N–H and O–H groups in total. The summed E-state index contributed by atoms with van der Waals surface area (Å²) in [7, 11) is 1.52. The molecule has 0 aliphatic carbocycles. The van der Waals surface area contributed by atoms with Gasteiger partial charge < -0.3 is 20.5 Å². The summed E-state index contributed by atoms with van der Waals surface area (Å²) in [5.41, 5.74) is 6.02. The number of hydrogen-bond acceptors (Lipinski definition) is 4. The van der Waals surface area contributed by atoms with Crippen molar-refractivity contribution in [2.45, 2.75) is 19.4 Å². The largest absolute Gasteiger partial charge is 0.492 e. The summed E-state index contributed by atoms with van der Waals surface area (Å²) in [6.45, 7) is 2.67. The molecule has 106 valence electrons. The van der Waals surface area contributed by atoms with Crippen molar-refractivity contribution in [2.75, 3.05) is 25.6 Å². The van der Waals surface area contributed by atoms with Crippen molar-refractivity contribution >= 4 is 23.2 Å². The molecule has 0 spiro atoms. The van der Waals surface area contributed by atoms with E-state index in [1.165, 1.54) is 7.11 Å². The van der Waals surface area contributed by atoms with Crippen LogP contribution in [0.25, 0.3) is 0 Å². The van der Waals surface area contributed by atoms with Crippen molar-refractivity contribution in [3.05, 3.63) is 23.2 Å². The van der Waals surface area contributed by atoms with Gasteiger partial charge in [0.1, 0.15) is 5.75 Å². The quantitative estimate of drug-likeness (QED) is 0.804. The van der Waals surface area contributed by atoms with Crippen molar-refractivity contribution in [1.82, 2.24) is 0 Å². The van der Waals surface area contributed by atoms with E-state index in [4.69, 9.17) is 26.8 Å². The lowest BCUT2D eigenvalue weighted by Gasteiger charge is -2.15. The minimum atomic E-state index is -0.297. The lowest BCUT2D eigenvalue weighted by molar-refractivity contribution is -0.118. The summed E-state index contributed by atoms with van der Waals surface area (Å²) in [6.07, 6.45) is -0.111. The van der Waals surface area contributed by atoms with E-state index in [-0.39, 0.29) is 25.0 Å². The van der Waals surface area contributed by atoms with Crippen LogP contribution in [-0.4, -0.2) is 32.3 Å². The van der Waals surface area contributed by atoms with E-state index in [0.717, 1.165) is 0 Å². The third-order valence-corrected chi connectivity index (χ3v) is 2.76. The standard InChI is InChI=1S/C13H19ClN2O3/c1-3-19-12-5-4-9(14)6-11(12)16-13(17)7-10(8-15)18-2/h4-6,10H,3,7-8,15H2,1-2H3,(H,16,17). The first kappa shape index (κ1) is 15.8. The van der Waals surface area contributed by atoms with Gasteiger partial charge >= 0.3 is 0 Å². The number of carbonyl (C=O) groups excluding carboxylic acids is 1. The van der Waals surface area contributed by atoms with Gasteiger partial charge in [-0.05, 0) is 25.1 Å². The zero-order chi connectivity index (χ0) is 14.3. The smallest absolute Gasteiger partial charge is 0.227 e. The van der Waals surface area contributed by atoms with E-state index in [1.54, 1.807) is 18.2 Å². The molecule has 0 bridgehead atoms. The number of nitrogens with one attached hydrogen (secondary N) is 1. The number of amides is 1. The van der Waals surface area contributed by atoms with Gasteiger partial charge in [0.25, 0.3) is 0 Å². The summed E-state index contributed by atoms with van der Waals surface area (Å²) in [4.78, 5) is 11.9. The fourth-order valence-corrected chi connectivity index (χ4v) is 1.72. The molecule has 1 aromatic carbocycles. The van der Waals surface area contributed by atoms with Crippen molar-refractivity contribution in [3.8, 4) is 5.75 Å². The van der Waals surface area contributed by atoms with Crippen molar-refractivity contribution in [1.29, 1.82) is 0 Å². The maximum absolute atomic E-state index is 11.9. The molecule has 0 radical (unpaired) electrons. The topological polar surface area (TPSA) is 73.6 Å². The Morgan fingerprint density at radius 2 is 2.26 bits per heavy atom. The molecule has 0 heterocycles. The number of hydrogen-bond donors (Lipinski definition) is 2. The van der Waals surface area contributed by atoms with Gasteiger partial charge in [-0.3, -0.25) is 4.79 Å².